The molecule has 0 aromatic heterocycles. The van der Waals surface area contributed by atoms with Gasteiger partial charge >= 0.3 is 0 Å². The normalized spacial score (nSPS) is 14.8. The molecule has 0 saturated carbocycles. The van der Waals surface area contributed by atoms with Gasteiger partial charge in [0.2, 0.25) is 11.5 Å². The third-order valence-corrected chi connectivity index (χ3v) is 19.8. The monoisotopic (exact) mass is 1550 g/mol. The van der Waals surface area contributed by atoms with E-state index >= 15 is 0 Å². The summed E-state index contributed by atoms with van der Waals surface area (Å²) in [5.41, 5.74) is 10.5. The predicted molar refractivity (Wildman–Crippen MR) is 405 cm³/mol. The van der Waals surface area contributed by atoms with Crippen molar-refractivity contribution in [2.24, 2.45) is 5.73 Å². The van der Waals surface area contributed by atoms with Crippen LogP contribution in [-0.4, -0.2) is 216 Å². The molecule has 7 aromatic rings. The third-order valence-electron chi connectivity index (χ3n) is 16.6. The number of phenolic OH excluding ortho intramolecular Hbond substituents is 3. The Hall–Kier alpha value is -7.33. The second-order valence-electron chi connectivity index (χ2n) is 22.7. The van der Waals surface area contributed by atoms with Gasteiger partial charge in [0.25, 0.3) is 11.8 Å². The molecule has 0 aliphatic carbocycles. The molecule has 11 rings (SSSR count). The van der Waals surface area contributed by atoms with E-state index in [1.165, 1.54) is 42.7 Å². The van der Waals surface area contributed by atoms with E-state index in [0.717, 1.165) is 146 Å². The molecule has 101 heavy (non-hydrogen) atoms. The molecule has 0 spiro atoms. The fourth-order valence-electron chi connectivity index (χ4n) is 11.0. The third kappa shape index (κ3) is 22.3. The van der Waals surface area contributed by atoms with Crippen molar-refractivity contribution < 1.29 is 58.1 Å². The number of nitrogens with one attached hydrogen (secondary N) is 3. The van der Waals surface area contributed by atoms with Crippen LogP contribution in [0.2, 0.25) is 40.2 Å². The smallest absolute Gasteiger partial charge is 0.252 e. The highest BCUT2D eigenvalue weighted by molar-refractivity contribution is 6.45. The minimum Gasteiger partial charge on any atom is -0.504 e. The molecule has 546 valence electrons. The molecule has 4 heterocycles. The number of piperazine rings is 4. The van der Waals surface area contributed by atoms with Gasteiger partial charge in [0.15, 0.2) is 40.2 Å². The molecule has 4 fully saturated rings. The first-order valence-corrected chi connectivity index (χ1v) is 34.8. The zero-order valence-electron chi connectivity index (χ0n) is 56.7. The van der Waals surface area contributed by atoms with Gasteiger partial charge in [-0.2, -0.15) is 0 Å². The summed E-state index contributed by atoms with van der Waals surface area (Å²) < 4.78 is 31.1. The molecule has 8 N–H and O–H groups in total. The molecule has 0 unspecified atom stereocenters. The Morgan fingerprint density at radius 1 is 0.436 bits per heavy atom. The summed E-state index contributed by atoms with van der Waals surface area (Å²) in [6, 6.07) is 31.3. The van der Waals surface area contributed by atoms with Crippen LogP contribution in [0.3, 0.4) is 0 Å². The van der Waals surface area contributed by atoms with Crippen LogP contribution in [0.4, 0.5) is 22.7 Å². The molecule has 0 radical (unpaired) electrons. The van der Waals surface area contributed by atoms with Gasteiger partial charge in [-0.15, -0.1) is 0 Å². The maximum atomic E-state index is 12.7. The number of carbonyl (C=O) groups excluding carboxylic acids is 3. The first-order chi connectivity index (χ1) is 48.6. The van der Waals surface area contributed by atoms with Crippen LogP contribution >= 0.6 is 92.8 Å². The summed E-state index contributed by atoms with van der Waals surface area (Å²) >= 11 is 49.1. The molecular formula is C70H83Cl8N11O12. The zero-order valence-corrected chi connectivity index (χ0v) is 62.7. The fraction of sp³-hybridized carbons (Fsp3) is 0.357. The average molecular weight is 1550 g/mol. The summed E-state index contributed by atoms with van der Waals surface area (Å²) in [7, 11) is 9.09. The Balaban J connectivity index is 0.000000184. The number of amides is 2. The van der Waals surface area contributed by atoms with E-state index in [2.05, 4.69) is 50.2 Å². The number of nitrogens with two attached hydrogens (primary N) is 1. The number of aldehydes is 1. The molecule has 4 aliphatic heterocycles. The number of hydrogen-bond donors (Lipinski definition) is 7. The SMILES string of the molecule is COc1cc(C(=O)NCN2CCN(c3cccc(Cl)c3Cl)CC2)cc(OC)c1OC.COc1cc(C=O)cc(OC)c1OC.Clc1cccc(N2CCNCC2)c1Cl.NCN1CCN(c2cccc(Cl)c2Cl)CC1.O=C(NCN1CCN(c2cccc(Cl)c2Cl)CC1)c1cc(O)c(O)c(O)c1. The molecule has 4 aliphatic rings. The number of hydrogen-bond acceptors (Lipinski definition) is 21. The number of anilines is 4. The quantitative estimate of drug-likeness (QED) is 0.0311. The number of aromatic hydroxyl groups is 3. The van der Waals surface area contributed by atoms with E-state index in [1.54, 1.807) is 36.4 Å². The lowest BCUT2D eigenvalue weighted by atomic mass is 10.1. The Morgan fingerprint density at radius 2 is 0.733 bits per heavy atom. The number of halogens is 8. The minimum absolute atomic E-state index is 0.0622. The van der Waals surface area contributed by atoms with E-state index < -0.39 is 23.2 Å². The van der Waals surface area contributed by atoms with Gasteiger partial charge < -0.3 is 85.0 Å². The highest BCUT2D eigenvalue weighted by Crippen LogP contribution is 2.41. The van der Waals surface area contributed by atoms with Crippen LogP contribution in [0.25, 0.3) is 0 Å². The number of methoxy groups -OCH3 is 6. The molecule has 7 aromatic carbocycles. The highest BCUT2D eigenvalue weighted by atomic mass is 35.5. The van der Waals surface area contributed by atoms with Crippen LogP contribution in [0.1, 0.15) is 31.1 Å². The first-order valence-electron chi connectivity index (χ1n) is 31.8. The standard InChI is InChI=1S/C21H25Cl2N3O4.C18H19Cl2N3O4.C11H15Cl2N3.C10H12Cl2N2.C10H12O4/c1-28-17-11-14(12-18(29-2)20(17)30-3)21(27)24-13-25-7-9-26(10-8-25)16-6-4-5-15(22)19(16)23;19-12-2-1-3-13(16(12)20)23-6-4-22(5-7-23)10-21-18(27)11-8-14(24)17(26)15(25)9-11;12-9-2-1-3-10(11(9)13)16-6-4-15(8-14)5-7-16;11-8-2-1-3-9(10(8)12)14-6-4-13-5-7-14;1-12-8-4-7(6-11)5-9(13-2)10(8)14-3/h4-6,11-12H,7-10,13H2,1-3H3,(H,24,27);1-3,8-9,24-26H,4-7,10H2,(H,21,27);1-3H,4-8,14H2;1-3,13H,4-7H2;4-6H,1-3H3. The largest absolute Gasteiger partial charge is 0.504 e. The minimum atomic E-state index is -0.651. The van der Waals surface area contributed by atoms with Crippen molar-refractivity contribution in [1.82, 2.24) is 30.7 Å². The van der Waals surface area contributed by atoms with E-state index in [9.17, 15) is 29.7 Å². The van der Waals surface area contributed by atoms with Gasteiger partial charge in [0.1, 0.15) is 6.29 Å². The number of rotatable bonds is 18. The summed E-state index contributed by atoms with van der Waals surface area (Å²) in [5, 5.41) is 42.0. The van der Waals surface area contributed by atoms with Crippen molar-refractivity contribution in [2.45, 2.75) is 0 Å². The Bertz CT molecular complexity index is 3810. The van der Waals surface area contributed by atoms with Gasteiger partial charge in [-0.25, -0.2) is 0 Å². The van der Waals surface area contributed by atoms with Crippen molar-refractivity contribution in [1.29, 1.82) is 0 Å². The molecule has 4 saturated heterocycles. The van der Waals surface area contributed by atoms with Gasteiger partial charge in [-0.05, 0) is 84.9 Å². The van der Waals surface area contributed by atoms with E-state index in [1.807, 2.05) is 60.7 Å². The number of nitrogens with zero attached hydrogens (tertiary/aromatic N) is 7. The van der Waals surface area contributed by atoms with Gasteiger partial charge in [-0.3, -0.25) is 29.1 Å². The first kappa shape index (κ1) is 81.0. The number of phenols is 3. The zero-order chi connectivity index (χ0) is 73.3. The number of carbonyl (C=O) groups is 3. The molecule has 0 atom stereocenters. The van der Waals surface area contributed by atoms with Crippen LogP contribution in [0, 0.1) is 0 Å². The Labute approximate surface area is 628 Å². The van der Waals surface area contributed by atoms with Crippen LogP contribution < -0.4 is 69.7 Å². The summed E-state index contributed by atoms with van der Waals surface area (Å²) in [6.45, 7) is 15.2. The van der Waals surface area contributed by atoms with E-state index in [0.29, 0.717) is 106 Å². The summed E-state index contributed by atoms with van der Waals surface area (Å²) in [6.07, 6.45) is 0.727. The maximum Gasteiger partial charge on any atom is 0.252 e. The van der Waals surface area contributed by atoms with E-state index in [-0.39, 0.29) is 11.5 Å². The van der Waals surface area contributed by atoms with Crippen molar-refractivity contribution in [3.05, 3.63) is 166 Å². The predicted octanol–water partition coefficient (Wildman–Crippen LogP) is 12.1. The summed E-state index contributed by atoms with van der Waals surface area (Å²) in [5.74, 6) is 0.357. The van der Waals surface area contributed by atoms with Crippen LogP contribution in [-0.2, 0) is 0 Å². The van der Waals surface area contributed by atoms with Crippen molar-refractivity contribution in [3.8, 4) is 51.7 Å². The second kappa shape index (κ2) is 40.5. The molecule has 0 bridgehead atoms. The van der Waals surface area contributed by atoms with Gasteiger partial charge in [-0.1, -0.05) is 117 Å². The van der Waals surface area contributed by atoms with Crippen molar-refractivity contribution in [2.75, 3.05) is 187 Å². The van der Waals surface area contributed by atoms with Crippen LogP contribution in [0.5, 0.6) is 51.7 Å². The van der Waals surface area contributed by atoms with E-state index in [4.69, 9.17) is 127 Å². The van der Waals surface area contributed by atoms with Crippen LogP contribution in [0.15, 0.2) is 109 Å². The van der Waals surface area contributed by atoms with Gasteiger partial charge in [0.05, 0.1) is 119 Å². The molecular weight excluding hydrogens is 1470 g/mol. The lowest BCUT2D eigenvalue weighted by Gasteiger charge is -2.36. The second-order valence-corrected chi connectivity index (χ2v) is 25.8. The Morgan fingerprint density at radius 3 is 1.03 bits per heavy atom. The average Bonchev–Trinajstić information content (AvgIpc) is 0.839. The maximum absolute atomic E-state index is 12.7. The molecule has 23 nitrogen and oxygen atoms in total. The molecule has 2 amide bonds. The topological polar surface area (TPSA) is 252 Å². The summed E-state index contributed by atoms with van der Waals surface area (Å²) in [4.78, 5) is 50.7. The van der Waals surface area contributed by atoms with Crippen molar-refractivity contribution in [3.63, 3.8) is 0 Å². The lowest BCUT2D eigenvalue weighted by Crippen LogP contribution is -2.50. The Kier molecular flexibility index (Phi) is 32.5. The highest BCUT2D eigenvalue weighted by Gasteiger charge is 2.25. The van der Waals surface area contributed by atoms with Crippen molar-refractivity contribution >= 4 is 134 Å². The number of ether oxygens (including phenoxy) is 6. The number of benzene rings is 7. The fourth-order valence-corrected chi connectivity index (χ4v) is 12.7. The van der Waals surface area contributed by atoms with Gasteiger partial charge in [0, 0.05) is 128 Å². The lowest BCUT2D eigenvalue weighted by molar-refractivity contribution is 0.0911. The molecule has 31 heteroatoms.